The van der Waals surface area contributed by atoms with Gasteiger partial charge in [0, 0.05) is 6.07 Å². The summed E-state index contributed by atoms with van der Waals surface area (Å²) < 4.78 is 11.7. The van der Waals surface area contributed by atoms with E-state index < -0.39 is 0 Å². The van der Waals surface area contributed by atoms with Gasteiger partial charge in [0.05, 0.1) is 17.3 Å². The highest BCUT2D eigenvalue weighted by molar-refractivity contribution is 7.22. The minimum atomic E-state index is -0.244. The number of aromatic nitrogens is 1. The lowest BCUT2D eigenvalue weighted by Gasteiger charge is -2.07. The van der Waals surface area contributed by atoms with Crippen molar-refractivity contribution < 1.29 is 14.3 Å². The third kappa shape index (κ3) is 3.65. The summed E-state index contributed by atoms with van der Waals surface area (Å²) in [4.78, 5) is 16.5. The molecule has 1 aromatic heterocycles. The number of carbonyl (C=O) groups is 1. The van der Waals surface area contributed by atoms with Gasteiger partial charge in [-0.05, 0) is 43.2 Å². The fraction of sp³-hybridized carbons (Fsp3) is 0.222. The van der Waals surface area contributed by atoms with Gasteiger partial charge >= 0.3 is 0 Å². The van der Waals surface area contributed by atoms with Gasteiger partial charge in [-0.2, -0.15) is 0 Å². The SMILES string of the molecule is COc1cccc(OCC(=O)Nc2nc3cc(C)cc(C)c3s2)c1. The van der Waals surface area contributed by atoms with Crippen molar-refractivity contribution >= 4 is 32.6 Å². The lowest BCUT2D eigenvalue weighted by atomic mass is 10.1. The van der Waals surface area contributed by atoms with Crippen molar-refractivity contribution in [2.45, 2.75) is 13.8 Å². The van der Waals surface area contributed by atoms with Crippen LogP contribution in [0.1, 0.15) is 11.1 Å². The van der Waals surface area contributed by atoms with Crippen LogP contribution in [0.5, 0.6) is 11.5 Å². The molecular formula is C18H18N2O3S. The Balaban J connectivity index is 1.65. The average molecular weight is 342 g/mol. The predicted octanol–water partition coefficient (Wildman–Crippen LogP) is 3.94. The van der Waals surface area contributed by atoms with Gasteiger partial charge in [0.1, 0.15) is 11.5 Å². The topological polar surface area (TPSA) is 60.5 Å². The van der Waals surface area contributed by atoms with Gasteiger partial charge in [-0.1, -0.05) is 23.5 Å². The number of carbonyl (C=O) groups excluding carboxylic acids is 1. The molecule has 2 aromatic carbocycles. The standard InChI is InChI=1S/C18H18N2O3S/c1-11-7-12(2)17-15(8-11)19-18(24-17)20-16(21)10-23-14-6-4-5-13(9-14)22-3/h4-9H,10H2,1-3H3,(H,19,20,21). The fourth-order valence-corrected chi connectivity index (χ4v) is 3.36. The summed E-state index contributed by atoms with van der Waals surface area (Å²) >= 11 is 1.47. The van der Waals surface area contributed by atoms with Crippen LogP contribution in [0.25, 0.3) is 10.2 Å². The zero-order valence-electron chi connectivity index (χ0n) is 13.8. The quantitative estimate of drug-likeness (QED) is 0.763. The number of benzene rings is 2. The summed E-state index contributed by atoms with van der Waals surface area (Å²) in [6, 6.07) is 11.3. The highest BCUT2D eigenvalue weighted by atomic mass is 32.1. The van der Waals surface area contributed by atoms with Crippen LogP contribution in [0.2, 0.25) is 0 Å². The molecule has 3 rings (SSSR count). The number of aryl methyl sites for hydroxylation is 2. The van der Waals surface area contributed by atoms with E-state index in [0.29, 0.717) is 16.6 Å². The third-order valence-corrected chi connectivity index (χ3v) is 4.60. The maximum atomic E-state index is 12.1. The first-order valence-electron chi connectivity index (χ1n) is 7.49. The molecule has 5 nitrogen and oxygen atoms in total. The molecule has 1 heterocycles. The van der Waals surface area contributed by atoms with Gasteiger partial charge in [-0.25, -0.2) is 4.98 Å². The van der Waals surface area contributed by atoms with Crippen LogP contribution in [0.4, 0.5) is 5.13 Å². The first-order chi connectivity index (χ1) is 11.5. The minimum Gasteiger partial charge on any atom is -0.497 e. The van der Waals surface area contributed by atoms with Crippen molar-refractivity contribution in [2.24, 2.45) is 0 Å². The Hall–Kier alpha value is -2.60. The molecule has 6 heteroatoms. The van der Waals surface area contributed by atoms with Crippen LogP contribution in [-0.2, 0) is 4.79 Å². The molecule has 0 aliphatic heterocycles. The van der Waals surface area contributed by atoms with Gasteiger partial charge < -0.3 is 9.47 Å². The minimum absolute atomic E-state index is 0.0822. The van der Waals surface area contributed by atoms with Crippen LogP contribution in [-0.4, -0.2) is 24.6 Å². The van der Waals surface area contributed by atoms with Gasteiger partial charge in [-0.15, -0.1) is 0 Å². The van der Waals surface area contributed by atoms with E-state index >= 15 is 0 Å². The van der Waals surface area contributed by atoms with Crippen LogP contribution in [0.3, 0.4) is 0 Å². The zero-order chi connectivity index (χ0) is 17.1. The highest BCUT2D eigenvalue weighted by Crippen LogP contribution is 2.29. The lowest BCUT2D eigenvalue weighted by molar-refractivity contribution is -0.118. The molecule has 24 heavy (non-hydrogen) atoms. The van der Waals surface area contributed by atoms with Crippen molar-refractivity contribution in [3.05, 3.63) is 47.5 Å². The lowest BCUT2D eigenvalue weighted by Crippen LogP contribution is -2.19. The number of fused-ring (bicyclic) bond motifs is 1. The number of rotatable bonds is 5. The van der Waals surface area contributed by atoms with E-state index in [-0.39, 0.29) is 12.5 Å². The average Bonchev–Trinajstić information content (AvgIpc) is 2.95. The van der Waals surface area contributed by atoms with Gasteiger partial charge in [0.25, 0.3) is 5.91 Å². The van der Waals surface area contributed by atoms with E-state index in [4.69, 9.17) is 9.47 Å². The largest absolute Gasteiger partial charge is 0.497 e. The molecule has 1 N–H and O–H groups in total. The molecule has 0 aliphatic rings. The Kier molecular flexibility index (Phi) is 4.66. The number of nitrogens with zero attached hydrogens (tertiary/aromatic N) is 1. The van der Waals surface area contributed by atoms with Crippen molar-refractivity contribution in [3.63, 3.8) is 0 Å². The number of hydrogen-bond donors (Lipinski definition) is 1. The van der Waals surface area contributed by atoms with E-state index in [0.717, 1.165) is 21.3 Å². The van der Waals surface area contributed by atoms with Gasteiger partial charge in [-0.3, -0.25) is 10.1 Å². The summed E-state index contributed by atoms with van der Waals surface area (Å²) in [5.74, 6) is 1.02. The van der Waals surface area contributed by atoms with Crippen molar-refractivity contribution in [2.75, 3.05) is 19.0 Å². The number of hydrogen-bond acceptors (Lipinski definition) is 5. The third-order valence-electron chi connectivity index (χ3n) is 3.48. The van der Waals surface area contributed by atoms with Gasteiger partial charge in [0.2, 0.25) is 0 Å². The number of amides is 1. The number of thiazole rings is 1. The van der Waals surface area contributed by atoms with Crippen molar-refractivity contribution in [1.29, 1.82) is 0 Å². The second kappa shape index (κ2) is 6.88. The normalized spacial score (nSPS) is 10.6. The Labute approximate surface area is 144 Å². The monoisotopic (exact) mass is 342 g/mol. The molecule has 0 radical (unpaired) electrons. The molecule has 1 amide bonds. The molecule has 0 unspecified atom stereocenters. The first kappa shape index (κ1) is 16.3. The highest BCUT2D eigenvalue weighted by Gasteiger charge is 2.10. The summed E-state index contributed by atoms with van der Waals surface area (Å²) in [5, 5.41) is 3.37. The summed E-state index contributed by atoms with van der Waals surface area (Å²) in [6.07, 6.45) is 0. The molecule has 0 atom stereocenters. The maximum Gasteiger partial charge on any atom is 0.264 e. The Bertz CT molecular complexity index is 889. The summed E-state index contributed by atoms with van der Waals surface area (Å²) in [5.41, 5.74) is 3.22. The Morgan fingerprint density at radius 1 is 1.21 bits per heavy atom. The Morgan fingerprint density at radius 3 is 2.79 bits per heavy atom. The molecule has 0 aliphatic carbocycles. The zero-order valence-corrected chi connectivity index (χ0v) is 14.6. The van der Waals surface area contributed by atoms with Crippen LogP contribution >= 0.6 is 11.3 Å². The van der Waals surface area contributed by atoms with E-state index in [1.807, 2.05) is 32.0 Å². The molecule has 3 aromatic rings. The predicted molar refractivity (Wildman–Crippen MR) is 96.2 cm³/mol. The van der Waals surface area contributed by atoms with Gasteiger partial charge in [0.15, 0.2) is 11.7 Å². The van der Waals surface area contributed by atoms with Crippen LogP contribution < -0.4 is 14.8 Å². The smallest absolute Gasteiger partial charge is 0.264 e. The summed E-state index contributed by atoms with van der Waals surface area (Å²) in [6.45, 7) is 4.00. The van der Waals surface area contributed by atoms with E-state index in [1.54, 1.807) is 19.2 Å². The molecule has 0 saturated heterocycles. The van der Waals surface area contributed by atoms with E-state index in [1.165, 1.54) is 11.3 Å². The summed E-state index contributed by atoms with van der Waals surface area (Å²) in [7, 11) is 1.59. The number of methoxy groups -OCH3 is 1. The number of anilines is 1. The van der Waals surface area contributed by atoms with Crippen LogP contribution in [0.15, 0.2) is 36.4 Å². The first-order valence-corrected chi connectivity index (χ1v) is 8.31. The Morgan fingerprint density at radius 2 is 2.00 bits per heavy atom. The molecule has 124 valence electrons. The van der Waals surface area contributed by atoms with Crippen molar-refractivity contribution in [3.8, 4) is 11.5 Å². The molecule has 0 bridgehead atoms. The number of ether oxygens (including phenoxy) is 2. The maximum absolute atomic E-state index is 12.1. The molecular weight excluding hydrogens is 324 g/mol. The molecule has 0 saturated carbocycles. The van der Waals surface area contributed by atoms with E-state index in [2.05, 4.69) is 16.4 Å². The molecule has 0 fully saturated rings. The second-order valence-corrected chi connectivity index (χ2v) is 6.46. The van der Waals surface area contributed by atoms with Crippen LogP contribution in [0, 0.1) is 13.8 Å². The second-order valence-electron chi connectivity index (χ2n) is 5.46. The van der Waals surface area contributed by atoms with Crippen molar-refractivity contribution in [1.82, 2.24) is 4.98 Å². The number of nitrogens with one attached hydrogen (secondary N) is 1. The van der Waals surface area contributed by atoms with E-state index in [9.17, 15) is 4.79 Å². The molecule has 0 spiro atoms. The fourth-order valence-electron chi connectivity index (χ4n) is 2.43.